The smallest absolute Gasteiger partial charge is 0.407 e. The first kappa shape index (κ1) is 23.8. The lowest BCUT2D eigenvalue weighted by Crippen LogP contribution is -2.57. The fourth-order valence-corrected chi connectivity index (χ4v) is 5.35. The van der Waals surface area contributed by atoms with Crippen LogP contribution in [0.1, 0.15) is 56.6 Å². The molecule has 1 saturated carbocycles. The number of hydrogen-bond acceptors (Lipinski definition) is 4. The molecule has 0 aliphatic heterocycles. The van der Waals surface area contributed by atoms with Crippen molar-refractivity contribution in [3.05, 3.63) is 59.7 Å². The normalized spacial score (nSPS) is 22.3. The second-order valence-corrected chi connectivity index (χ2v) is 9.62. The molecule has 180 valence electrons. The van der Waals surface area contributed by atoms with E-state index in [1.807, 2.05) is 31.2 Å². The lowest BCUT2D eigenvalue weighted by atomic mass is 9.70. The topological polar surface area (TPSA) is 95.9 Å². The summed E-state index contributed by atoms with van der Waals surface area (Å²) < 4.78 is 5.69. The molecule has 7 nitrogen and oxygen atoms in total. The standard InChI is InChI=1S/C27H32N2O5/c1-17(24(30)31)29(3)25(32)27(2)15-9-8-14-23(27)28-26(33)34-16-22-20-12-6-4-10-18(20)19-11-5-7-13-21(19)22/h4-7,10-13,17,22-23H,8-9,14-16H2,1-3H3,(H,28,33)(H,30,31)/t17-,23?,27?/m0/s1. The molecule has 7 heteroatoms. The molecule has 0 heterocycles. The summed E-state index contributed by atoms with van der Waals surface area (Å²) in [5.41, 5.74) is 3.71. The summed E-state index contributed by atoms with van der Waals surface area (Å²) in [5, 5.41) is 12.3. The highest BCUT2D eigenvalue weighted by molar-refractivity contribution is 5.88. The molecule has 1 fully saturated rings. The van der Waals surface area contributed by atoms with Crippen molar-refractivity contribution in [1.82, 2.24) is 10.2 Å². The van der Waals surface area contributed by atoms with Crippen LogP contribution >= 0.6 is 0 Å². The largest absolute Gasteiger partial charge is 0.480 e. The van der Waals surface area contributed by atoms with Gasteiger partial charge in [-0.15, -0.1) is 0 Å². The number of carboxylic acid groups (broad SMARTS) is 1. The Kier molecular flexibility index (Phi) is 6.64. The Morgan fingerprint density at radius 2 is 1.68 bits per heavy atom. The van der Waals surface area contributed by atoms with Gasteiger partial charge in [0.2, 0.25) is 5.91 Å². The van der Waals surface area contributed by atoms with Gasteiger partial charge in [0.1, 0.15) is 12.6 Å². The summed E-state index contributed by atoms with van der Waals surface area (Å²) in [7, 11) is 1.51. The Labute approximate surface area is 200 Å². The average molecular weight is 465 g/mol. The van der Waals surface area contributed by atoms with E-state index in [1.54, 1.807) is 0 Å². The first-order valence-electron chi connectivity index (χ1n) is 11.9. The predicted molar refractivity (Wildman–Crippen MR) is 128 cm³/mol. The van der Waals surface area contributed by atoms with Crippen molar-refractivity contribution in [1.29, 1.82) is 0 Å². The van der Waals surface area contributed by atoms with Crippen molar-refractivity contribution in [3.63, 3.8) is 0 Å². The lowest BCUT2D eigenvalue weighted by Gasteiger charge is -2.43. The van der Waals surface area contributed by atoms with E-state index in [0.717, 1.165) is 35.1 Å². The van der Waals surface area contributed by atoms with E-state index in [2.05, 4.69) is 29.6 Å². The third kappa shape index (κ3) is 4.27. The number of carboxylic acids is 1. The number of fused-ring (bicyclic) bond motifs is 3. The molecular weight excluding hydrogens is 432 g/mol. The fourth-order valence-electron chi connectivity index (χ4n) is 5.35. The number of rotatable bonds is 6. The second-order valence-electron chi connectivity index (χ2n) is 9.62. The fraction of sp³-hybridized carbons (Fsp3) is 0.444. The number of amides is 2. The van der Waals surface area contributed by atoms with Crippen LogP contribution < -0.4 is 5.32 Å². The maximum absolute atomic E-state index is 13.3. The molecule has 2 aliphatic carbocycles. The summed E-state index contributed by atoms with van der Waals surface area (Å²) in [5.74, 6) is -1.37. The zero-order valence-electron chi connectivity index (χ0n) is 19.9. The summed E-state index contributed by atoms with van der Waals surface area (Å²) in [6.07, 6.45) is 2.40. The van der Waals surface area contributed by atoms with E-state index < -0.39 is 29.6 Å². The van der Waals surface area contributed by atoms with E-state index in [0.29, 0.717) is 12.8 Å². The van der Waals surface area contributed by atoms with Crippen LogP contribution in [-0.4, -0.2) is 53.7 Å². The minimum Gasteiger partial charge on any atom is -0.480 e. The van der Waals surface area contributed by atoms with Crippen molar-refractivity contribution in [3.8, 4) is 11.1 Å². The number of carbonyl (C=O) groups excluding carboxylic acids is 2. The zero-order valence-corrected chi connectivity index (χ0v) is 19.9. The Bertz CT molecular complexity index is 1050. The number of ether oxygens (including phenoxy) is 1. The maximum Gasteiger partial charge on any atom is 0.407 e. The van der Waals surface area contributed by atoms with Crippen LogP contribution in [-0.2, 0) is 14.3 Å². The molecule has 2 unspecified atom stereocenters. The van der Waals surface area contributed by atoms with Gasteiger partial charge in [-0.1, -0.05) is 61.4 Å². The molecule has 34 heavy (non-hydrogen) atoms. The quantitative estimate of drug-likeness (QED) is 0.660. The number of benzene rings is 2. The molecule has 0 saturated heterocycles. The number of hydrogen-bond donors (Lipinski definition) is 2. The zero-order chi connectivity index (χ0) is 24.5. The van der Waals surface area contributed by atoms with Gasteiger partial charge < -0.3 is 20.1 Å². The Morgan fingerprint density at radius 3 is 2.26 bits per heavy atom. The molecular formula is C27H32N2O5. The summed E-state index contributed by atoms with van der Waals surface area (Å²) in [6, 6.07) is 14.9. The van der Waals surface area contributed by atoms with E-state index in [-0.39, 0.29) is 18.4 Å². The third-order valence-electron chi connectivity index (χ3n) is 7.59. The molecule has 2 N–H and O–H groups in total. The highest BCUT2D eigenvalue weighted by atomic mass is 16.5. The number of nitrogens with one attached hydrogen (secondary N) is 1. The van der Waals surface area contributed by atoms with Gasteiger partial charge in [-0.25, -0.2) is 9.59 Å². The molecule has 0 radical (unpaired) electrons. The molecule has 4 rings (SSSR count). The van der Waals surface area contributed by atoms with Gasteiger partial charge in [-0.05, 0) is 48.9 Å². The molecule has 0 aromatic heterocycles. The van der Waals surface area contributed by atoms with Crippen LogP contribution in [0.4, 0.5) is 4.79 Å². The van der Waals surface area contributed by atoms with Gasteiger partial charge >= 0.3 is 12.1 Å². The van der Waals surface area contributed by atoms with Crippen molar-refractivity contribution < 1.29 is 24.2 Å². The second kappa shape index (κ2) is 9.49. The number of carbonyl (C=O) groups is 3. The van der Waals surface area contributed by atoms with Gasteiger partial charge in [0.25, 0.3) is 0 Å². The first-order valence-corrected chi connectivity index (χ1v) is 11.9. The van der Waals surface area contributed by atoms with Crippen molar-refractivity contribution >= 4 is 18.0 Å². The van der Waals surface area contributed by atoms with Crippen molar-refractivity contribution in [2.75, 3.05) is 13.7 Å². The highest BCUT2D eigenvalue weighted by Crippen LogP contribution is 2.44. The van der Waals surface area contributed by atoms with Crippen molar-refractivity contribution in [2.24, 2.45) is 5.41 Å². The summed E-state index contributed by atoms with van der Waals surface area (Å²) >= 11 is 0. The SMILES string of the molecule is C[C@@H](C(=O)O)N(C)C(=O)C1(C)CCCCC1NC(=O)OCC1c2ccccc2-c2ccccc21. The number of likely N-dealkylation sites (N-methyl/N-ethyl adjacent to an activating group) is 1. The van der Waals surface area contributed by atoms with Crippen LogP contribution in [0.3, 0.4) is 0 Å². The highest BCUT2D eigenvalue weighted by Gasteiger charge is 2.46. The van der Waals surface area contributed by atoms with Crippen LogP contribution in [0.2, 0.25) is 0 Å². The molecule has 0 spiro atoms. The van der Waals surface area contributed by atoms with Crippen LogP contribution in [0.15, 0.2) is 48.5 Å². The molecule has 2 aromatic carbocycles. The van der Waals surface area contributed by atoms with Gasteiger partial charge in [-0.3, -0.25) is 4.79 Å². The van der Waals surface area contributed by atoms with Crippen LogP contribution in [0, 0.1) is 5.41 Å². The van der Waals surface area contributed by atoms with Crippen LogP contribution in [0.5, 0.6) is 0 Å². The van der Waals surface area contributed by atoms with E-state index in [4.69, 9.17) is 4.74 Å². The molecule has 2 aliphatic rings. The summed E-state index contributed by atoms with van der Waals surface area (Å²) in [4.78, 5) is 38.8. The Morgan fingerprint density at radius 1 is 1.09 bits per heavy atom. The average Bonchev–Trinajstić information content (AvgIpc) is 3.16. The third-order valence-corrected chi connectivity index (χ3v) is 7.59. The maximum atomic E-state index is 13.3. The summed E-state index contributed by atoms with van der Waals surface area (Å²) in [6.45, 7) is 3.50. The number of alkyl carbamates (subject to hydrolysis) is 1. The first-order chi connectivity index (χ1) is 16.2. The number of aliphatic carboxylic acids is 1. The Hall–Kier alpha value is -3.35. The number of nitrogens with zero attached hydrogens (tertiary/aromatic N) is 1. The van der Waals surface area contributed by atoms with Gasteiger partial charge in [0, 0.05) is 19.0 Å². The Balaban J connectivity index is 1.45. The molecule has 0 bridgehead atoms. The lowest BCUT2D eigenvalue weighted by molar-refractivity contribution is -0.154. The molecule has 3 atom stereocenters. The minimum absolute atomic E-state index is 0.0416. The monoisotopic (exact) mass is 464 g/mol. The van der Waals surface area contributed by atoms with E-state index in [9.17, 15) is 19.5 Å². The van der Waals surface area contributed by atoms with Gasteiger partial charge in [-0.2, -0.15) is 0 Å². The molecule has 2 aromatic rings. The minimum atomic E-state index is -1.06. The van der Waals surface area contributed by atoms with Gasteiger partial charge in [0.05, 0.1) is 5.41 Å². The van der Waals surface area contributed by atoms with Gasteiger partial charge in [0.15, 0.2) is 0 Å². The molecule has 2 amide bonds. The predicted octanol–water partition coefficient (Wildman–Crippen LogP) is 4.41. The van der Waals surface area contributed by atoms with E-state index >= 15 is 0 Å². The van der Waals surface area contributed by atoms with Crippen molar-refractivity contribution in [2.45, 2.75) is 57.5 Å². The van der Waals surface area contributed by atoms with Crippen LogP contribution in [0.25, 0.3) is 11.1 Å². The van der Waals surface area contributed by atoms with E-state index in [1.165, 1.54) is 18.9 Å².